The first-order valence-electron chi connectivity index (χ1n) is 9.28. The van der Waals surface area contributed by atoms with Crippen LogP contribution in [0.25, 0.3) is 6.08 Å². The van der Waals surface area contributed by atoms with E-state index < -0.39 is 0 Å². The Hall–Kier alpha value is -2.95. The normalized spacial score (nSPS) is 12.1. The molecule has 2 aromatic rings. The van der Waals surface area contributed by atoms with E-state index in [0.717, 1.165) is 11.1 Å². The molecule has 0 aromatic heterocycles. The van der Waals surface area contributed by atoms with Crippen molar-refractivity contribution >= 4 is 12.0 Å². The maximum absolute atomic E-state index is 12.3. The molecule has 1 N–H and O–H groups in total. The van der Waals surface area contributed by atoms with Gasteiger partial charge < -0.3 is 19.5 Å². The summed E-state index contributed by atoms with van der Waals surface area (Å²) in [7, 11) is 4.67. The lowest BCUT2D eigenvalue weighted by atomic mass is 9.99. The fourth-order valence-electron chi connectivity index (χ4n) is 2.88. The fourth-order valence-corrected chi connectivity index (χ4v) is 2.88. The summed E-state index contributed by atoms with van der Waals surface area (Å²) in [5.41, 5.74) is 3.13. The summed E-state index contributed by atoms with van der Waals surface area (Å²) in [6.07, 6.45) is 3.22. The molecule has 0 aliphatic rings. The first-order chi connectivity index (χ1) is 13.4. The molecule has 0 saturated carbocycles. The summed E-state index contributed by atoms with van der Waals surface area (Å²) >= 11 is 0. The van der Waals surface area contributed by atoms with Gasteiger partial charge in [0.05, 0.1) is 27.4 Å². The van der Waals surface area contributed by atoms with Crippen molar-refractivity contribution in [1.82, 2.24) is 5.32 Å². The van der Waals surface area contributed by atoms with Gasteiger partial charge in [-0.15, -0.1) is 0 Å². The number of nitrogens with one attached hydrogen (secondary N) is 1. The van der Waals surface area contributed by atoms with E-state index in [4.69, 9.17) is 14.2 Å². The largest absolute Gasteiger partial charge is 0.493 e. The lowest BCUT2D eigenvalue weighted by Crippen LogP contribution is -2.24. The number of amides is 1. The van der Waals surface area contributed by atoms with Crippen LogP contribution in [-0.4, -0.2) is 27.2 Å². The second kappa shape index (κ2) is 9.83. The predicted octanol–water partition coefficient (Wildman–Crippen LogP) is 4.73. The van der Waals surface area contributed by atoms with Crippen LogP contribution in [0.15, 0.2) is 42.5 Å². The van der Waals surface area contributed by atoms with Gasteiger partial charge in [0.15, 0.2) is 11.5 Å². The van der Waals surface area contributed by atoms with E-state index in [1.54, 1.807) is 39.5 Å². The van der Waals surface area contributed by atoms with Crippen LogP contribution >= 0.6 is 0 Å². The minimum Gasteiger partial charge on any atom is -0.493 e. The van der Waals surface area contributed by atoms with Gasteiger partial charge >= 0.3 is 0 Å². The molecule has 0 aliphatic carbocycles. The highest BCUT2D eigenvalue weighted by Crippen LogP contribution is 2.38. The third kappa shape index (κ3) is 5.28. The van der Waals surface area contributed by atoms with Crippen LogP contribution in [0.4, 0.5) is 0 Å². The van der Waals surface area contributed by atoms with Gasteiger partial charge in [-0.3, -0.25) is 4.79 Å². The molecule has 0 bridgehead atoms. The van der Waals surface area contributed by atoms with Crippen LogP contribution in [0.1, 0.15) is 49.4 Å². The standard InChI is InChI=1S/C23H29NO4/c1-15(2)18-8-10-19(11-9-18)16(3)24-22(25)12-7-17-13-20(26-4)23(28-6)21(14-17)27-5/h7-16H,1-6H3,(H,24,25)/b12-7+. The molecule has 1 unspecified atom stereocenters. The van der Waals surface area contributed by atoms with Crippen molar-refractivity contribution in [3.05, 3.63) is 59.2 Å². The van der Waals surface area contributed by atoms with E-state index in [0.29, 0.717) is 23.2 Å². The van der Waals surface area contributed by atoms with Crippen molar-refractivity contribution in [2.24, 2.45) is 0 Å². The number of hydrogen-bond acceptors (Lipinski definition) is 4. The van der Waals surface area contributed by atoms with Crippen molar-refractivity contribution in [2.45, 2.75) is 32.7 Å². The fraction of sp³-hybridized carbons (Fsp3) is 0.348. The monoisotopic (exact) mass is 383 g/mol. The van der Waals surface area contributed by atoms with E-state index >= 15 is 0 Å². The molecule has 28 heavy (non-hydrogen) atoms. The van der Waals surface area contributed by atoms with E-state index in [9.17, 15) is 4.79 Å². The maximum Gasteiger partial charge on any atom is 0.244 e. The molecule has 1 atom stereocenters. The Bertz CT molecular complexity index is 800. The number of hydrogen-bond donors (Lipinski definition) is 1. The van der Waals surface area contributed by atoms with Crippen molar-refractivity contribution in [2.75, 3.05) is 21.3 Å². The third-order valence-corrected chi connectivity index (χ3v) is 4.58. The van der Waals surface area contributed by atoms with Gasteiger partial charge in [0.1, 0.15) is 0 Å². The zero-order chi connectivity index (χ0) is 20.7. The Morgan fingerprint density at radius 2 is 1.43 bits per heavy atom. The lowest BCUT2D eigenvalue weighted by molar-refractivity contribution is -0.117. The summed E-state index contributed by atoms with van der Waals surface area (Å²) in [6, 6.07) is 11.8. The topological polar surface area (TPSA) is 56.8 Å². The Labute approximate surface area is 167 Å². The average molecular weight is 383 g/mol. The predicted molar refractivity (Wildman–Crippen MR) is 112 cm³/mol. The zero-order valence-electron chi connectivity index (χ0n) is 17.4. The van der Waals surface area contributed by atoms with Gasteiger partial charge in [0.2, 0.25) is 11.7 Å². The number of carbonyl (C=O) groups excluding carboxylic acids is 1. The molecular formula is C23H29NO4. The van der Waals surface area contributed by atoms with Crippen LogP contribution in [0.5, 0.6) is 17.2 Å². The first-order valence-corrected chi connectivity index (χ1v) is 9.28. The molecule has 5 heteroatoms. The highest BCUT2D eigenvalue weighted by Gasteiger charge is 2.13. The number of ether oxygens (including phenoxy) is 3. The number of carbonyl (C=O) groups is 1. The number of methoxy groups -OCH3 is 3. The SMILES string of the molecule is COc1cc(/C=C/C(=O)NC(C)c2ccc(C(C)C)cc2)cc(OC)c1OC. The molecule has 1 amide bonds. The minimum atomic E-state index is -0.172. The molecule has 0 heterocycles. The van der Waals surface area contributed by atoms with Gasteiger partial charge in [-0.2, -0.15) is 0 Å². The van der Waals surface area contributed by atoms with Gasteiger partial charge in [0.25, 0.3) is 0 Å². The summed E-state index contributed by atoms with van der Waals surface area (Å²) in [5, 5.41) is 2.98. The van der Waals surface area contributed by atoms with Crippen LogP contribution in [-0.2, 0) is 4.79 Å². The van der Waals surface area contributed by atoms with Gasteiger partial charge in [0, 0.05) is 6.08 Å². The molecule has 0 saturated heterocycles. The second-order valence-electron chi connectivity index (χ2n) is 6.84. The molecule has 2 rings (SSSR count). The van der Waals surface area contributed by atoms with E-state index in [-0.39, 0.29) is 11.9 Å². The third-order valence-electron chi connectivity index (χ3n) is 4.58. The number of benzene rings is 2. The Kier molecular flexibility index (Phi) is 7.50. The smallest absolute Gasteiger partial charge is 0.244 e. The van der Waals surface area contributed by atoms with E-state index in [1.165, 1.54) is 11.6 Å². The molecule has 0 radical (unpaired) electrons. The van der Waals surface area contributed by atoms with Crippen LogP contribution in [0, 0.1) is 0 Å². The van der Waals surface area contributed by atoms with Gasteiger partial charge in [-0.1, -0.05) is 38.1 Å². The van der Waals surface area contributed by atoms with Crippen molar-refractivity contribution in [1.29, 1.82) is 0 Å². The molecule has 0 spiro atoms. The maximum atomic E-state index is 12.3. The Morgan fingerprint density at radius 1 is 0.893 bits per heavy atom. The molecular weight excluding hydrogens is 354 g/mol. The molecule has 150 valence electrons. The Morgan fingerprint density at radius 3 is 1.89 bits per heavy atom. The summed E-state index contributed by atoms with van der Waals surface area (Å²) in [4.78, 5) is 12.3. The minimum absolute atomic E-state index is 0.0849. The van der Waals surface area contributed by atoms with E-state index in [2.05, 4.69) is 43.4 Å². The molecule has 0 fully saturated rings. The van der Waals surface area contributed by atoms with Crippen molar-refractivity contribution < 1.29 is 19.0 Å². The van der Waals surface area contributed by atoms with Gasteiger partial charge in [-0.25, -0.2) is 0 Å². The molecule has 0 aliphatic heterocycles. The second-order valence-corrected chi connectivity index (χ2v) is 6.84. The summed E-state index contributed by atoms with van der Waals surface area (Å²) in [6.45, 7) is 6.29. The van der Waals surface area contributed by atoms with Crippen LogP contribution in [0.2, 0.25) is 0 Å². The van der Waals surface area contributed by atoms with Gasteiger partial charge in [-0.05, 0) is 47.7 Å². The van der Waals surface area contributed by atoms with Crippen molar-refractivity contribution in [3.63, 3.8) is 0 Å². The highest BCUT2D eigenvalue weighted by atomic mass is 16.5. The summed E-state index contributed by atoms with van der Waals surface area (Å²) in [5.74, 6) is 1.92. The highest BCUT2D eigenvalue weighted by molar-refractivity contribution is 5.92. The quantitative estimate of drug-likeness (QED) is 0.670. The van der Waals surface area contributed by atoms with E-state index in [1.807, 2.05) is 6.92 Å². The zero-order valence-corrected chi connectivity index (χ0v) is 17.4. The van der Waals surface area contributed by atoms with Crippen LogP contribution < -0.4 is 19.5 Å². The number of rotatable bonds is 8. The van der Waals surface area contributed by atoms with Crippen molar-refractivity contribution in [3.8, 4) is 17.2 Å². The Balaban J connectivity index is 2.08. The lowest BCUT2D eigenvalue weighted by Gasteiger charge is -2.15. The molecule has 5 nitrogen and oxygen atoms in total. The average Bonchev–Trinajstić information content (AvgIpc) is 2.71. The molecule has 2 aromatic carbocycles. The first kappa shape index (κ1) is 21.4. The summed E-state index contributed by atoms with van der Waals surface area (Å²) < 4.78 is 16.0. The van der Waals surface area contributed by atoms with Crippen LogP contribution in [0.3, 0.4) is 0 Å².